The fourth-order valence-corrected chi connectivity index (χ4v) is 11.5. The Morgan fingerprint density at radius 1 is 0.333 bits per heavy atom. The van der Waals surface area contributed by atoms with E-state index < -0.39 is 0 Å². The fraction of sp³-hybridized carbons (Fsp3) is 0.0476. The molecule has 66 heavy (non-hydrogen) atoms. The van der Waals surface area contributed by atoms with Crippen LogP contribution in [0.5, 0.6) is 0 Å². The number of fused-ring (bicyclic) bond motifs is 12. The Labute approximate surface area is 383 Å². The van der Waals surface area contributed by atoms with Crippen molar-refractivity contribution in [2.75, 3.05) is 4.90 Å². The van der Waals surface area contributed by atoms with E-state index in [0.717, 1.165) is 22.7 Å². The highest BCUT2D eigenvalue weighted by Gasteiger charge is 2.35. The molecule has 0 amide bonds. The van der Waals surface area contributed by atoms with Crippen LogP contribution in [-0.4, -0.2) is 8.97 Å². The molecule has 0 fully saturated rings. The largest absolute Gasteiger partial charge is 0.311 e. The first kappa shape index (κ1) is 37.0. The molecule has 10 aromatic carbocycles. The first-order valence-electron chi connectivity index (χ1n) is 23.0. The van der Waals surface area contributed by atoms with Crippen LogP contribution in [-0.2, 0) is 5.41 Å². The third kappa shape index (κ3) is 5.26. The second-order valence-electron chi connectivity index (χ2n) is 18.5. The Hall–Kier alpha value is -8.40. The quantitative estimate of drug-likeness (QED) is 0.162. The highest BCUT2D eigenvalue weighted by Crippen LogP contribution is 2.50. The standard InChI is InChI=1S/C63H43N3/c1-63(2)56-18-7-3-12-48(56)49-36-26-43(39-57(49)63)41-24-30-45(31-25-41)64(46-32-34-47(35-33-46)65-58-19-8-4-13-50(58)51-14-5-9-20-59(51)65)44-28-22-40(23-29-44)42-27-37-61-55(38-42)54-17-11-16-53-52-15-6-10-21-60(52)66(61)62(53)54/h3-39H,1-2H3. The molecule has 3 aromatic heterocycles. The molecule has 1 aliphatic rings. The van der Waals surface area contributed by atoms with E-state index in [1.165, 1.54) is 104 Å². The maximum atomic E-state index is 2.45. The molecule has 0 N–H and O–H groups in total. The predicted molar refractivity (Wildman–Crippen MR) is 279 cm³/mol. The molecule has 0 radical (unpaired) electrons. The Morgan fingerprint density at radius 2 is 0.788 bits per heavy atom. The Bertz CT molecular complexity index is 4000. The molecule has 1 aliphatic carbocycles. The molecule has 0 bridgehead atoms. The van der Waals surface area contributed by atoms with Crippen molar-refractivity contribution >= 4 is 77.0 Å². The molecule has 0 saturated carbocycles. The molecule has 3 nitrogen and oxygen atoms in total. The molecule has 13 aromatic rings. The summed E-state index contributed by atoms with van der Waals surface area (Å²) in [6.45, 7) is 4.70. The van der Waals surface area contributed by atoms with Gasteiger partial charge in [0.1, 0.15) is 0 Å². The van der Waals surface area contributed by atoms with Gasteiger partial charge in [0.2, 0.25) is 0 Å². The first-order valence-corrected chi connectivity index (χ1v) is 23.0. The van der Waals surface area contributed by atoms with Gasteiger partial charge in [-0.3, -0.25) is 0 Å². The number of benzene rings is 10. The molecule has 0 saturated heterocycles. The van der Waals surface area contributed by atoms with Crippen LogP contribution in [0.2, 0.25) is 0 Å². The minimum absolute atomic E-state index is 0.0508. The van der Waals surface area contributed by atoms with Crippen molar-refractivity contribution in [1.82, 2.24) is 8.97 Å². The maximum absolute atomic E-state index is 2.45. The monoisotopic (exact) mass is 841 g/mol. The van der Waals surface area contributed by atoms with Crippen LogP contribution in [0.4, 0.5) is 17.1 Å². The number of hydrogen-bond acceptors (Lipinski definition) is 1. The van der Waals surface area contributed by atoms with Crippen molar-refractivity contribution in [3.8, 4) is 39.1 Å². The summed E-state index contributed by atoms with van der Waals surface area (Å²) in [4.78, 5) is 2.38. The maximum Gasteiger partial charge on any atom is 0.0620 e. The van der Waals surface area contributed by atoms with Crippen LogP contribution < -0.4 is 4.90 Å². The molecular formula is C63H43N3. The highest BCUT2D eigenvalue weighted by atomic mass is 15.1. The Kier molecular flexibility index (Phi) is 7.74. The van der Waals surface area contributed by atoms with Gasteiger partial charge in [-0.2, -0.15) is 0 Å². The first-order chi connectivity index (χ1) is 32.5. The van der Waals surface area contributed by atoms with Gasteiger partial charge in [-0.25, -0.2) is 0 Å². The smallest absolute Gasteiger partial charge is 0.0620 e. The molecule has 3 heteroatoms. The zero-order chi connectivity index (χ0) is 43.7. The normalized spacial score (nSPS) is 13.1. The zero-order valence-electron chi connectivity index (χ0n) is 36.7. The van der Waals surface area contributed by atoms with Crippen molar-refractivity contribution in [3.05, 3.63) is 236 Å². The lowest BCUT2D eigenvalue weighted by molar-refractivity contribution is 0.660. The number of anilines is 3. The summed E-state index contributed by atoms with van der Waals surface area (Å²) in [5.41, 5.74) is 20.9. The molecule has 0 atom stereocenters. The number of hydrogen-bond donors (Lipinski definition) is 0. The van der Waals surface area contributed by atoms with Gasteiger partial charge in [-0.05, 0) is 129 Å². The molecule has 0 aliphatic heterocycles. The van der Waals surface area contributed by atoms with E-state index in [-0.39, 0.29) is 5.41 Å². The van der Waals surface area contributed by atoms with E-state index in [0.29, 0.717) is 0 Å². The molecule has 3 heterocycles. The van der Waals surface area contributed by atoms with Crippen LogP contribution in [0.1, 0.15) is 25.0 Å². The summed E-state index contributed by atoms with van der Waals surface area (Å²) in [6.07, 6.45) is 0. The topological polar surface area (TPSA) is 12.6 Å². The van der Waals surface area contributed by atoms with Gasteiger partial charge in [0.05, 0.1) is 27.6 Å². The Balaban J connectivity index is 0.860. The van der Waals surface area contributed by atoms with Crippen LogP contribution in [0.15, 0.2) is 224 Å². The van der Waals surface area contributed by atoms with E-state index in [9.17, 15) is 0 Å². The third-order valence-corrected chi connectivity index (χ3v) is 14.7. The lowest BCUT2D eigenvalue weighted by atomic mass is 9.81. The number of rotatable bonds is 6. The minimum Gasteiger partial charge on any atom is -0.311 e. The zero-order valence-corrected chi connectivity index (χ0v) is 36.7. The minimum atomic E-state index is -0.0508. The molecule has 0 unspecified atom stereocenters. The third-order valence-electron chi connectivity index (χ3n) is 14.7. The van der Waals surface area contributed by atoms with Crippen LogP contribution in [0, 0.1) is 0 Å². The van der Waals surface area contributed by atoms with Gasteiger partial charge in [-0.1, -0.05) is 153 Å². The summed E-state index contributed by atoms with van der Waals surface area (Å²) in [7, 11) is 0. The lowest BCUT2D eigenvalue weighted by Gasteiger charge is -2.26. The van der Waals surface area contributed by atoms with Gasteiger partial charge >= 0.3 is 0 Å². The van der Waals surface area contributed by atoms with Gasteiger partial charge in [-0.15, -0.1) is 0 Å². The number of para-hydroxylation sites is 4. The summed E-state index contributed by atoms with van der Waals surface area (Å²) in [5.74, 6) is 0. The second-order valence-corrected chi connectivity index (χ2v) is 18.5. The highest BCUT2D eigenvalue weighted by molar-refractivity contribution is 6.23. The van der Waals surface area contributed by atoms with Crippen molar-refractivity contribution in [2.45, 2.75) is 19.3 Å². The van der Waals surface area contributed by atoms with E-state index in [4.69, 9.17) is 0 Å². The van der Waals surface area contributed by atoms with Crippen molar-refractivity contribution in [1.29, 1.82) is 0 Å². The van der Waals surface area contributed by atoms with Crippen molar-refractivity contribution < 1.29 is 0 Å². The molecule has 310 valence electrons. The van der Waals surface area contributed by atoms with Crippen molar-refractivity contribution in [3.63, 3.8) is 0 Å². The van der Waals surface area contributed by atoms with Crippen LogP contribution in [0.3, 0.4) is 0 Å². The average molecular weight is 842 g/mol. The van der Waals surface area contributed by atoms with E-state index in [2.05, 4.69) is 252 Å². The van der Waals surface area contributed by atoms with Crippen LogP contribution >= 0.6 is 0 Å². The average Bonchev–Trinajstić information content (AvgIpc) is 4.08. The summed E-state index contributed by atoms with van der Waals surface area (Å²) < 4.78 is 4.83. The van der Waals surface area contributed by atoms with Crippen molar-refractivity contribution in [2.24, 2.45) is 0 Å². The van der Waals surface area contributed by atoms with Gasteiger partial charge in [0.15, 0.2) is 0 Å². The SMILES string of the molecule is CC1(C)c2ccccc2-c2ccc(-c3ccc(N(c4ccc(-c5ccc6c(c5)c5cccc7c8ccccc8n6c75)cc4)c4ccc(-n5c6ccccc6c6ccccc65)cc4)cc3)cc21. The van der Waals surface area contributed by atoms with E-state index in [1.54, 1.807) is 0 Å². The molecule has 0 spiro atoms. The molecular weight excluding hydrogens is 799 g/mol. The predicted octanol–water partition coefficient (Wildman–Crippen LogP) is 17.0. The summed E-state index contributed by atoms with van der Waals surface area (Å²) >= 11 is 0. The van der Waals surface area contributed by atoms with E-state index >= 15 is 0 Å². The van der Waals surface area contributed by atoms with Gasteiger partial charge in [0.25, 0.3) is 0 Å². The van der Waals surface area contributed by atoms with E-state index in [1.807, 2.05) is 0 Å². The lowest BCUT2D eigenvalue weighted by Crippen LogP contribution is -2.14. The summed E-state index contributed by atoms with van der Waals surface area (Å²) in [5, 5.41) is 7.72. The van der Waals surface area contributed by atoms with Gasteiger partial charge in [0, 0.05) is 60.5 Å². The Morgan fingerprint density at radius 3 is 1.44 bits per heavy atom. The number of nitrogens with zero attached hydrogens (tertiary/aromatic N) is 3. The fourth-order valence-electron chi connectivity index (χ4n) is 11.5. The number of aromatic nitrogens is 2. The second kappa shape index (κ2) is 13.8. The summed E-state index contributed by atoms with van der Waals surface area (Å²) in [6, 6.07) is 83.0. The van der Waals surface area contributed by atoms with Crippen LogP contribution in [0.25, 0.3) is 99.0 Å². The van der Waals surface area contributed by atoms with Gasteiger partial charge < -0.3 is 13.9 Å². The molecule has 14 rings (SSSR count).